The van der Waals surface area contributed by atoms with Crippen molar-refractivity contribution in [3.63, 3.8) is 0 Å². The minimum atomic E-state index is -0.513. The Morgan fingerprint density at radius 3 is 2.21 bits per heavy atom. The maximum absolute atomic E-state index is 11.0. The number of hydrogen-bond acceptors (Lipinski definition) is 4. The lowest BCUT2D eigenvalue weighted by molar-refractivity contribution is -0.139. The van der Waals surface area contributed by atoms with Crippen molar-refractivity contribution in [2.24, 2.45) is 0 Å². The molecule has 0 bridgehead atoms. The average molecular weight is 198 g/mol. The Bertz CT molecular complexity index is 265. The number of hydrogen-bond donors (Lipinski definition) is 0. The highest BCUT2D eigenvalue weighted by Crippen LogP contribution is 1.96. The highest BCUT2D eigenvalue weighted by Gasteiger charge is 2.07. The van der Waals surface area contributed by atoms with Crippen LogP contribution in [0.5, 0.6) is 0 Å². The number of carbonyl (C=O) groups excluding carboxylic acids is 3. The van der Waals surface area contributed by atoms with Crippen LogP contribution in [0.1, 0.15) is 26.7 Å². The molecule has 0 fully saturated rings. The first kappa shape index (κ1) is 12.6. The molecule has 0 aliphatic heterocycles. The van der Waals surface area contributed by atoms with E-state index in [9.17, 15) is 14.4 Å². The van der Waals surface area contributed by atoms with Crippen LogP contribution in [0.4, 0.5) is 0 Å². The molecule has 0 aromatic carbocycles. The third-order valence-electron chi connectivity index (χ3n) is 1.41. The summed E-state index contributed by atoms with van der Waals surface area (Å²) in [6, 6.07) is 0. The van der Waals surface area contributed by atoms with Gasteiger partial charge < -0.3 is 4.74 Å². The fourth-order valence-electron chi connectivity index (χ4n) is 0.747. The molecule has 0 aliphatic rings. The molecule has 0 amide bonds. The molecular formula is C10H14O4. The Morgan fingerprint density at radius 1 is 1.21 bits per heavy atom. The van der Waals surface area contributed by atoms with Gasteiger partial charge in [-0.15, -0.1) is 0 Å². The van der Waals surface area contributed by atoms with Crippen molar-refractivity contribution in [2.45, 2.75) is 26.7 Å². The summed E-state index contributed by atoms with van der Waals surface area (Å²) in [6.07, 6.45) is -0.0107. The zero-order valence-electron chi connectivity index (χ0n) is 8.46. The molecule has 4 heteroatoms. The molecule has 14 heavy (non-hydrogen) atoms. The highest BCUT2D eigenvalue weighted by molar-refractivity contribution is 5.98. The van der Waals surface area contributed by atoms with E-state index in [0.29, 0.717) is 5.57 Å². The SMILES string of the molecule is C=C(C)C(=O)OCCC(=O)CC(C)=O. The van der Waals surface area contributed by atoms with Gasteiger partial charge in [-0.2, -0.15) is 0 Å². The van der Waals surface area contributed by atoms with Crippen LogP contribution in [0, 0.1) is 0 Å². The van der Waals surface area contributed by atoms with Crippen molar-refractivity contribution in [2.75, 3.05) is 6.61 Å². The number of rotatable bonds is 6. The van der Waals surface area contributed by atoms with Gasteiger partial charge in [-0.25, -0.2) is 4.79 Å². The summed E-state index contributed by atoms with van der Waals surface area (Å²) in [4.78, 5) is 32.3. The Labute approximate surface area is 82.9 Å². The van der Waals surface area contributed by atoms with E-state index < -0.39 is 5.97 Å². The predicted molar refractivity (Wildman–Crippen MR) is 50.7 cm³/mol. The van der Waals surface area contributed by atoms with E-state index in [2.05, 4.69) is 11.3 Å². The topological polar surface area (TPSA) is 60.4 Å². The van der Waals surface area contributed by atoms with Crippen molar-refractivity contribution in [3.8, 4) is 0 Å². The van der Waals surface area contributed by atoms with Crippen LogP contribution in [-0.2, 0) is 19.1 Å². The van der Waals surface area contributed by atoms with Crippen LogP contribution in [0.25, 0.3) is 0 Å². The zero-order valence-corrected chi connectivity index (χ0v) is 8.46. The number of ether oxygens (including phenoxy) is 1. The molecule has 0 aromatic heterocycles. The second kappa shape index (κ2) is 6.07. The van der Waals surface area contributed by atoms with Crippen molar-refractivity contribution in [3.05, 3.63) is 12.2 Å². The molecule has 0 aliphatic carbocycles. The Morgan fingerprint density at radius 2 is 1.79 bits per heavy atom. The summed E-state index contributed by atoms with van der Waals surface area (Å²) >= 11 is 0. The molecule has 0 aromatic rings. The van der Waals surface area contributed by atoms with Crippen molar-refractivity contribution in [1.82, 2.24) is 0 Å². The molecule has 0 N–H and O–H groups in total. The molecule has 0 rings (SSSR count). The van der Waals surface area contributed by atoms with Crippen LogP contribution in [-0.4, -0.2) is 24.1 Å². The molecular weight excluding hydrogens is 184 g/mol. The summed E-state index contributed by atoms with van der Waals surface area (Å²) in [5, 5.41) is 0. The number of esters is 1. The largest absolute Gasteiger partial charge is 0.462 e. The van der Waals surface area contributed by atoms with Gasteiger partial charge in [0.1, 0.15) is 11.6 Å². The van der Waals surface area contributed by atoms with E-state index in [-0.39, 0.29) is 31.0 Å². The predicted octanol–water partition coefficient (Wildman–Crippen LogP) is 1.04. The monoisotopic (exact) mass is 198 g/mol. The van der Waals surface area contributed by atoms with Crippen LogP contribution in [0.15, 0.2) is 12.2 Å². The van der Waals surface area contributed by atoms with Gasteiger partial charge in [-0.1, -0.05) is 6.58 Å². The van der Waals surface area contributed by atoms with Gasteiger partial charge in [0.05, 0.1) is 13.0 Å². The second-order valence-corrected chi connectivity index (χ2v) is 3.08. The first-order chi connectivity index (χ1) is 6.43. The highest BCUT2D eigenvalue weighted by atomic mass is 16.5. The Hall–Kier alpha value is -1.45. The first-order valence-electron chi connectivity index (χ1n) is 4.27. The Balaban J connectivity index is 3.64. The number of ketones is 2. The van der Waals surface area contributed by atoms with E-state index >= 15 is 0 Å². The van der Waals surface area contributed by atoms with Crippen LogP contribution in [0.3, 0.4) is 0 Å². The van der Waals surface area contributed by atoms with Crippen LogP contribution < -0.4 is 0 Å². The van der Waals surface area contributed by atoms with Gasteiger partial charge in [0.2, 0.25) is 0 Å². The summed E-state index contributed by atoms with van der Waals surface area (Å²) < 4.78 is 4.69. The lowest BCUT2D eigenvalue weighted by Gasteiger charge is -2.02. The molecule has 0 heterocycles. The maximum atomic E-state index is 11.0. The standard InChI is InChI=1S/C10H14O4/c1-7(2)10(13)14-5-4-9(12)6-8(3)11/h1,4-6H2,2-3H3. The molecule has 0 atom stereocenters. The molecule has 78 valence electrons. The van der Waals surface area contributed by atoms with E-state index in [1.54, 1.807) is 0 Å². The molecule has 0 unspecified atom stereocenters. The second-order valence-electron chi connectivity index (χ2n) is 3.08. The van der Waals surface area contributed by atoms with Gasteiger partial charge in [0.15, 0.2) is 0 Å². The van der Waals surface area contributed by atoms with Gasteiger partial charge in [0, 0.05) is 12.0 Å². The van der Waals surface area contributed by atoms with Gasteiger partial charge in [0.25, 0.3) is 0 Å². The summed E-state index contributed by atoms with van der Waals surface area (Å²) in [6.45, 7) is 6.27. The number of Topliss-reactive ketones (excluding diaryl/α,β-unsaturated/α-hetero) is 2. The van der Waals surface area contributed by atoms with Crippen molar-refractivity contribution in [1.29, 1.82) is 0 Å². The summed E-state index contributed by atoms with van der Waals surface area (Å²) in [5.74, 6) is -0.908. The van der Waals surface area contributed by atoms with E-state index in [1.807, 2.05) is 0 Å². The summed E-state index contributed by atoms with van der Waals surface area (Å²) in [7, 11) is 0. The third kappa shape index (κ3) is 6.11. The smallest absolute Gasteiger partial charge is 0.333 e. The van der Waals surface area contributed by atoms with Crippen LogP contribution in [0.2, 0.25) is 0 Å². The van der Waals surface area contributed by atoms with E-state index in [4.69, 9.17) is 0 Å². The minimum absolute atomic E-state index is 0.0117. The minimum Gasteiger partial charge on any atom is -0.462 e. The fourth-order valence-corrected chi connectivity index (χ4v) is 0.747. The van der Waals surface area contributed by atoms with Crippen molar-refractivity contribution < 1.29 is 19.1 Å². The third-order valence-corrected chi connectivity index (χ3v) is 1.41. The molecule has 0 radical (unpaired) electrons. The van der Waals surface area contributed by atoms with Crippen LogP contribution >= 0.6 is 0 Å². The van der Waals surface area contributed by atoms with Gasteiger partial charge >= 0.3 is 5.97 Å². The quantitative estimate of drug-likeness (QED) is 0.363. The average Bonchev–Trinajstić information content (AvgIpc) is 2.02. The first-order valence-corrected chi connectivity index (χ1v) is 4.27. The lowest BCUT2D eigenvalue weighted by atomic mass is 10.2. The molecule has 4 nitrogen and oxygen atoms in total. The zero-order chi connectivity index (χ0) is 11.1. The Kier molecular flexibility index (Phi) is 5.44. The van der Waals surface area contributed by atoms with Gasteiger partial charge in [-0.3, -0.25) is 9.59 Å². The normalized spacial score (nSPS) is 9.29. The van der Waals surface area contributed by atoms with E-state index in [0.717, 1.165) is 0 Å². The van der Waals surface area contributed by atoms with Gasteiger partial charge in [-0.05, 0) is 13.8 Å². The van der Waals surface area contributed by atoms with Crippen molar-refractivity contribution >= 4 is 17.5 Å². The molecule has 0 saturated heterocycles. The molecule has 0 spiro atoms. The lowest BCUT2D eigenvalue weighted by Crippen LogP contribution is -2.11. The summed E-state index contributed by atoms with van der Waals surface area (Å²) in [5.41, 5.74) is 0.295. The molecule has 0 saturated carbocycles. The van der Waals surface area contributed by atoms with E-state index in [1.165, 1.54) is 13.8 Å². The maximum Gasteiger partial charge on any atom is 0.333 e. The fraction of sp³-hybridized carbons (Fsp3) is 0.500. The number of carbonyl (C=O) groups is 3.